The van der Waals surface area contributed by atoms with Gasteiger partial charge in [0.2, 0.25) is 0 Å². The van der Waals surface area contributed by atoms with Crippen molar-refractivity contribution in [1.29, 1.82) is 0 Å². The average molecular weight is 758 g/mol. The van der Waals surface area contributed by atoms with Gasteiger partial charge in [0, 0.05) is 74.3 Å². The number of fused-ring (bicyclic) bond motifs is 13. The van der Waals surface area contributed by atoms with Gasteiger partial charge in [0.15, 0.2) is 7.28 Å². The molecule has 12 aromatic rings. The minimum Gasteiger partial charge on any atom is -0.354 e. The molecule has 263 valence electrons. The molecule has 0 saturated heterocycles. The first-order valence-corrected chi connectivity index (χ1v) is 21.1. The molecule has 1 radical (unpaired) electrons. The third-order valence-electron chi connectivity index (χ3n) is 12.0. The Bertz CT molecular complexity index is 3650. The summed E-state index contributed by atoms with van der Waals surface area (Å²) in [4.78, 5) is 0. The topological polar surface area (TPSA) is 17.0 Å². The minimum absolute atomic E-state index is 1.10. The lowest BCUT2D eigenvalue weighted by Crippen LogP contribution is -2.37. The molecule has 0 saturated carbocycles. The van der Waals surface area contributed by atoms with Crippen molar-refractivity contribution in [2.45, 2.75) is 0 Å². The summed E-state index contributed by atoms with van der Waals surface area (Å²) < 4.78 is 7.73. The summed E-state index contributed by atoms with van der Waals surface area (Å²) in [6.07, 6.45) is 0. The predicted molar refractivity (Wildman–Crippen MR) is 250 cm³/mol. The molecule has 1 aliphatic rings. The number of nitrogens with zero attached hydrogens (tertiary/aromatic N) is 1. The van der Waals surface area contributed by atoms with Crippen molar-refractivity contribution in [2.24, 2.45) is 0 Å². The molecule has 0 amide bonds. The second-order valence-corrected chi connectivity index (χ2v) is 17.2. The summed E-state index contributed by atoms with van der Waals surface area (Å²) in [7, 11) is 2.45. The van der Waals surface area contributed by atoms with Crippen molar-refractivity contribution in [3.05, 3.63) is 176 Å². The van der Waals surface area contributed by atoms with Gasteiger partial charge >= 0.3 is 0 Å². The van der Waals surface area contributed by atoms with Crippen LogP contribution in [-0.2, 0) is 0 Å². The normalized spacial score (nSPS) is 12.4. The van der Waals surface area contributed by atoms with E-state index in [-0.39, 0.29) is 0 Å². The van der Waals surface area contributed by atoms with E-state index >= 15 is 0 Å². The van der Waals surface area contributed by atoms with Crippen molar-refractivity contribution in [3.63, 3.8) is 0 Å². The van der Waals surface area contributed by atoms with Crippen molar-refractivity contribution >= 4 is 125 Å². The van der Waals surface area contributed by atoms with Gasteiger partial charge in [0.1, 0.15) is 0 Å². The minimum atomic E-state index is 1.10. The number of nitrogens with one attached hydrogen (secondary N) is 1. The summed E-state index contributed by atoms with van der Waals surface area (Å²) in [6.45, 7) is 0. The van der Waals surface area contributed by atoms with Gasteiger partial charge in [-0.15, -0.1) is 22.7 Å². The molecule has 1 N–H and O–H groups in total. The number of rotatable bonds is 4. The average Bonchev–Trinajstić information content (AvgIpc) is 3.95. The maximum atomic E-state index is 4.06. The molecule has 3 aromatic heterocycles. The Labute approximate surface area is 337 Å². The maximum Gasteiger partial charge on any atom is 0.197 e. The van der Waals surface area contributed by atoms with E-state index in [4.69, 9.17) is 0 Å². The highest BCUT2D eigenvalue weighted by molar-refractivity contribution is 7.27. The standard InChI is InChI=1S/C52H30BN2S2/c1-2-12-30(13-3-1)32-28-40(48-44(29-32)55-49-33-15-5-4-14-31(33)24-25-37(49)36-18-10-20-41(53-48)50(36)55)47-42(27-26-39-35-17-7-9-23-46(35)57-52(39)47)54-43-21-11-19-38-34-16-6-8-22-45(34)56-51(38)43/h1-29,54H. The Kier molecular flexibility index (Phi) is 6.60. The number of anilines is 2. The maximum absolute atomic E-state index is 4.06. The summed E-state index contributed by atoms with van der Waals surface area (Å²) in [5.41, 5.74) is 13.3. The highest BCUT2D eigenvalue weighted by atomic mass is 32.1. The molecule has 2 nitrogen and oxygen atoms in total. The lowest BCUT2D eigenvalue weighted by atomic mass is 9.58. The van der Waals surface area contributed by atoms with Gasteiger partial charge in [-0.1, -0.05) is 145 Å². The van der Waals surface area contributed by atoms with Crippen molar-refractivity contribution in [2.75, 3.05) is 5.32 Å². The van der Waals surface area contributed by atoms with E-state index in [0.717, 1.165) is 11.4 Å². The van der Waals surface area contributed by atoms with E-state index in [9.17, 15) is 0 Å². The molecule has 4 heterocycles. The predicted octanol–water partition coefficient (Wildman–Crippen LogP) is 13.7. The monoisotopic (exact) mass is 757 g/mol. The fraction of sp³-hybridized carbons (Fsp3) is 0. The van der Waals surface area contributed by atoms with Crippen LogP contribution in [0.3, 0.4) is 0 Å². The van der Waals surface area contributed by atoms with Crippen LogP contribution in [0.1, 0.15) is 0 Å². The smallest absolute Gasteiger partial charge is 0.197 e. The molecule has 9 aromatic carbocycles. The van der Waals surface area contributed by atoms with Gasteiger partial charge in [-0.25, -0.2) is 0 Å². The van der Waals surface area contributed by atoms with E-state index in [1.165, 1.54) is 112 Å². The molecule has 1 aliphatic heterocycles. The molecule has 0 fully saturated rings. The molecule has 0 aliphatic carbocycles. The second-order valence-electron chi connectivity index (χ2n) is 15.1. The van der Waals surface area contributed by atoms with Crippen LogP contribution >= 0.6 is 22.7 Å². The van der Waals surface area contributed by atoms with E-state index < -0.39 is 0 Å². The van der Waals surface area contributed by atoms with E-state index in [2.05, 4.69) is 193 Å². The van der Waals surface area contributed by atoms with Crippen LogP contribution in [0.15, 0.2) is 176 Å². The Morgan fingerprint density at radius 1 is 0.439 bits per heavy atom. The van der Waals surface area contributed by atoms with Gasteiger partial charge < -0.3 is 9.88 Å². The van der Waals surface area contributed by atoms with Gasteiger partial charge in [0.05, 0.1) is 15.9 Å². The third-order valence-corrected chi connectivity index (χ3v) is 14.4. The van der Waals surface area contributed by atoms with Crippen LogP contribution in [0, 0.1) is 0 Å². The molecule has 57 heavy (non-hydrogen) atoms. The quantitative estimate of drug-likeness (QED) is 0.177. The van der Waals surface area contributed by atoms with E-state index in [1.54, 1.807) is 0 Å². The Balaban J connectivity index is 1.16. The summed E-state index contributed by atoms with van der Waals surface area (Å²) in [6, 6.07) is 65.0. The van der Waals surface area contributed by atoms with Crippen LogP contribution in [0.5, 0.6) is 0 Å². The highest BCUT2D eigenvalue weighted by Crippen LogP contribution is 2.48. The van der Waals surface area contributed by atoms with Crippen LogP contribution in [0.25, 0.3) is 101 Å². The molecule has 0 atom stereocenters. The summed E-state index contributed by atoms with van der Waals surface area (Å²) >= 11 is 3.76. The lowest BCUT2D eigenvalue weighted by Gasteiger charge is -2.26. The number of benzene rings is 9. The molecule has 13 rings (SSSR count). The fourth-order valence-electron chi connectivity index (χ4n) is 9.50. The number of hydrogen-bond acceptors (Lipinski definition) is 3. The van der Waals surface area contributed by atoms with Crippen LogP contribution in [-0.4, -0.2) is 11.8 Å². The molecule has 0 bridgehead atoms. The molecular formula is C52H30BN2S2. The third kappa shape index (κ3) is 4.53. The van der Waals surface area contributed by atoms with E-state index in [1.807, 2.05) is 22.7 Å². The van der Waals surface area contributed by atoms with Gasteiger partial charge in [0.25, 0.3) is 0 Å². The summed E-state index contributed by atoms with van der Waals surface area (Å²) in [5.74, 6) is 0. The molecule has 0 unspecified atom stereocenters. The number of thiophene rings is 2. The summed E-state index contributed by atoms with van der Waals surface area (Å²) in [5, 5.41) is 14.3. The number of para-hydroxylation sites is 1. The Morgan fingerprint density at radius 3 is 1.93 bits per heavy atom. The SMILES string of the molecule is [B]1c2c(-c3c(Nc4cccc5c4sc4ccccc45)ccc4c3sc3ccccc34)cc(-c3ccccc3)cc2-n2c3c1cccc3c1ccc3ccccc3c12. The first-order chi connectivity index (χ1) is 28.3. The second kappa shape index (κ2) is 11.9. The highest BCUT2D eigenvalue weighted by Gasteiger charge is 2.29. The zero-order chi connectivity index (χ0) is 37.2. The van der Waals surface area contributed by atoms with Gasteiger partial charge in [-0.2, -0.15) is 0 Å². The number of aromatic nitrogens is 1. The largest absolute Gasteiger partial charge is 0.354 e. The van der Waals surface area contributed by atoms with Crippen molar-refractivity contribution < 1.29 is 0 Å². The van der Waals surface area contributed by atoms with Crippen LogP contribution in [0.2, 0.25) is 0 Å². The number of hydrogen-bond donors (Lipinski definition) is 1. The zero-order valence-electron chi connectivity index (χ0n) is 30.6. The molecule has 5 heteroatoms. The zero-order valence-corrected chi connectivity index (χ0v) is 32.2. The lowest BCUT2D eigenvalue weighted by molar-refractivity contribution is 1.20. The first kappa shape index (κ1) is 31.5. The van der Waals surface area contributed by atoms with Crippen LogP contribution in [0.4, 0.5) is 11.4 Å². The van der Waals surface area contributed by atoms with E-state index in [0.29, 0.717) is 0 Å². The van der Waals surface area contributed by atoms with Crippen LogP contribution < -0.4 is 16.2 Å². The Morgan fingerprint density at radius 2 is 1.09 bits per heavy atom. The first-order valence-electron chi connectivity index (χ1n) is 19.4. The van der Waals surface area contributed by atoms with Crippen molar-refractivity contribution in [3.8, 4) is 27.9 Å². The van der Waals surface area contributed by atoms with Gasteiger partial charge in [-0.3, -0.25) is 0 Å². The molecular weight excluding hydrogens is 728 g/mol. The molecule has 0 spiro atoms. The fourth-order valence-corrected chi connectivity index (χ4v) is 11.9. The van der Waals surface area contributed by atoms with Crippen molar-refractivity contribution in [1.82, 2.24) is 4.57 Å². The van der Waals surface area contributed by atoms with Gasteiger partial charge in [-0.05, 0) is 63.9 Å². The Hall–Kier alpha value is -6.66.